The summed E-state index contributed by atoms with van der Waals surface area (Å²) in [5, 5.41) is 5.04. The molecule has 0 radical (unpaired) electrons. The molecule has 3 rings (SSSR count). The van der Waals surface area contributed by atoms with Gasteiger partial charge in [0.25, 0.3) is 0 Å². The third kappa shape index (κ3) is 4.09. The van der Waals surface area contributed by atoms with Crippen LogP contribution >= 0.6 is 0 Å². The Labute approximate surface area is 146 Å². The molecule has 0 fully saturated rings. The highest BCUT2D eigenvalue weighted by Gasteiger charge is 2.19. The van der Waals surface area contributed by atoms with Crippen LogP contribution < -0.4 is 16.9 Å². The first-order valence-corrected chi connectivity index (χ1v) is 8.58. The maximum Gasteiger partial charge on any atom is 0.0843 e. The number of para-hydroxylation sites is 1. The van der Waals surface area contributed by atoms with Crippen LogP contribution in [0.1, 0.15) is 44.4 Å². The molecule has 4 nitrogen and oxygen atoms in total. The lowest BCUT2D eigenvalue weighted by Crippen LogP contribution is -2.28. The molecule has 0 saturated heterocycles. The molecule has 0 saturated carbocycles. The monoisotopic (exact) mass is 326 g/mol. The molecule has 2 aromatic rings. The number of nitrogens with one attached hydrogen (secondary N) is 1. The molecule has 0 bridgehead atoms. The van der Waals surface area contributed by atoms with Gasteiger partial charge in [0.05, 0.1) is 11.4 Å². The quantitative estimate of drug-likeness (QED) is 0.541. The van der Waals surface area contributed by atoms with E-state index in [-0.39, 0.29) is 0 Å². The summed E-state index contributed by atoms with van der Waals surface area (Å²) in [5.41, 5.74) is 12.2. The topological polar surface area (TPSA) is 67.3 Å². The van der Waals surface area contributed by atoms with Crippen molar-refractivity contribution in [3.05, 3.63) is 65.2 Å². The molecule has 0 unspecified atom stereocenters. The summed E-state index contributed by atoms with van der Waals surface area (Å²) in [5.74, 6) is 6.02. The van der Waals surface area contributed by atoms with E-state index in [0.717, 1.165) is 29.1 Å². The Hall–Kier alpha value is -2.46. The van der Waals surface area contributed by atoms with Crippen LogP contribution in [0.2, 0.25) is 0 Å². The Bertz CT molecular complexity index is 675. The van der Waals surface area contributed by atoms with Gasteiger partial charge >= 0.3 is 0 Å². The van der Waals surface area contributed by atoms with Crippen LogP contribution in [0.3, 0.4) is 0 Å². The van der Waals surface area contributed by atoms with Crippen LogP contribution in [0, 0.1) is 0 Å². The normalized spacial score (nSPS) is 14.9. The van der Waals surface area contributed by atoms with E-state index < -0.39 is 0 Å². The lowest BCUT2D eigenvalue weighted by Gasteiger charge is -2.26. The minimum Gasteiger partial charge on any atom is -0.396 e. The van der Waals surface area contributed by atoms with E-state index in [0.29, 0.717) is 5.70 Å². The zero-order valence-corrected chi connectivity index (χ0v) is 15.4. The van der Waals surface area contributed by atoms with Gasteiger partial charge in [0.15, 0.2) is 0 Å². The van der Waals surface area contributed by atoms with Gasteiger partial charge in [0.1, 0.15) is 0 Å². The maximum absolute atomic E-state index is 6.41. The molecule has 5 N–H and O–H groups in total. The summed E-state index contributed by atoms with van der Waals surface area (Å²) < 4.78 is 0. The molecule has 1 aliphatic rings. The van der Waals surface area contributed by atoms with E-state index in [2.05, 4.69) is 11.4 Å². The van der Waals surface area contributed by atoms with Crippen molar-refractivity contribution in [1.29, 1.82) is 0 Å². The molecule has 2 aromatic carbocycles. The SMILES string of the molecule is CC.CC.CN(N)/C1=C(\N)c2ccccc2CNc2ccccc21. The van der Waals surface area contributed by atoms with E-state index in [1.165, 1.54) is 5.56 Å². The molecule has 4 heteroatoms. The fraction of sp³-hybridized carbons (Fsp3) is 0.300. The van der Waals surface area contributed by atoms with E-state index in [1.54, 1.807) is 5.01 Å². The molecule has 0 aromatic heterocycles. The minimum absolute atomic E-state index is 0.708. The summed E-state index contributed by atoms with van der Waals surface area (Å²) in [6.45, 7) is 8.75. The van der Waals surface area contributed by atoms with Crippen molar-refractivity contribution >= 4 is 17.1 Å². The van der Waals surface area contributed by atoms with Gasteiger partial charge in [-0.2, -0.15) is 0 Å². The molecule has 0 amide bonds. The van der Waals surface area contributed by atoms with Gasteiger partial charge in [0, 0.05) is 30.4 Å². The second-order valence-corrected chi connectivity index (χ2v) is 4.93. The van der Waals surface area contributed by atoms with Crippen molar-refractivity contribution in [2.75, 3.05) is 12.4 Å². The number of fused-ring (bicyclic) bond motifs is 2. The van der Waals surface area contributed by atoms with Crippen molar-refractivity contribution in [2.24, 2.45) is 11.6 Å². The summed E-state index contributed by atoms with van der Waals surface area (Å²) in [6.07, 6.45) is 0. The lowest BCUT2D eigenvalue weighted by molar-refractivity contribution is 0.511. The molecule has 0 aliphatic carbocycles. The van der Waals surface area contributed by atoms with Crippen LogP contribution in [0.5, 0.6) is 0 Å². The van der Waals surface area contributed by atoms with Crippen molar-refractivity contribution < 1.29 is 0 Å². The number of anilines is 1. The first kappa shape index (κ1) is 19.6. The highest BCUT2D eigenvalue weighted by Crippen LogP contribution is 2.33. The fourth-order valence-corrected chi connectivity index (χ4v) is 2.62. The average Bonchev–Trinajstić information content (AvgIpc) is 2.63. The van der Waals surface area contributed by atoms with Crippen LogP contribution in [0.15, 0.2) is 48.5 Å². The molecular formula is C20H30N4. The van der Waals surface area contributed by atoms with Crippen LogP contribution in [0.4, 0.5) is 5.69 Å². The second-order valence-electron chi connectivity index (χ2n) is 4.93. The van der Waals surface area contributed by atoms with Gasteiger partial charge < -0.3 is 16.1 Å². The summed E-state index contributed by atoms with van der Waals surface area (Å²) >= 11 is 0. The minimum atomic E-state index is 0.708. The van der Waals surface area contributed by atoms with E-state index in [4.69, 9.17) is 11.6 Å². The average molecular weight is 326 g/mol. The van der Waals surface area contributed by atoms with Crippen LogP contribution in [-0.4, -0.2) is 12.1 Å². The van der Waals surface area contributed by atoms with E-state index >= 15 is 0 Å². The zero-order valence-electron chi connectivity index (χ0n) is 15.4. The number of hydrogen-bond donors (Lipinski definition) is 3. The Balaban J connectivity index is 0.000000671. The molecule has 1 aliphatic heterocycles. The second kappa shape index (κ2) is 9.63. The van der Waals surface area contributed by atoms with Gasteiger partial charge in [-0.1, -0.05) is 70.2 Å². The van der Waals surface area contributed by atoms with Crippen LogP contribution in [0.25, 0.3) is 11.4 Å². The zero-order chi connectivity index (χ0) is 18.1. The van der Waals surface area contributed by atoms with Gasteiger partial charge in [-0.3, -0.25) is 0 Å². The molecule has 1 heterocycles. The number of nitrogens with two attached hydrogens (primary N) is 2. The highest BCUT2D eigenvalue weighted by atomic mass is 15.4. The van der Waals surface area contributed by atoms with Gasteiger partial charge in [-0.15, -0.1) is 0 Å². The summed E-state index contributed by atoms with van der Waals surface area (Å²) in [6, 6.07) is 16.2. The number of hydrogen-bond acceptors (Lipinski definition) is 4. The number of rotatable bonds is 1. The smallest absolute Gasteiger partial charge is 0.0843 e. The largest absolute Gasteiger partial charge is 0.396 e. The first-order valence-electron chi connectivity index (χ1n) is 8.58. The van der Waals surface area contributed by atoms with Crippen LogP contribution in [-0.2, 0) is 6.54 Å². The Kier molecular flexibility index (Phi) is 7.86. The van der Waals surface area contributed by atoms with Crippen molar-refractivity contribution in [1.82, 2.24) is 5.01 Å². The third-order valence-corrected chi connectivity index (χ3v) is 3.57. The predicted molar refractivity (Wildman–Crippen MR) is 106 cm³/mol. The summed E-state index contributed by atoms with van der Waals surface area (Å²) in [7, 11) is 1.81. The molecule has 130 valence electrons. The standard InChI is InChI=1S/C16H18N4.2C2H6/c1-20(18)16-13-8-4-5-9-14(13)19-10-11-6-2-3-7-12(11)15(16)17;2*1-2/h2-9,19H,10,17-18H2,1H3;2*1-2H3/b16-15-;;. The van der Waals surface area contributed by atoms with Crippen molar-refractivity contribution in [2.45, 2.75) is 34.2 Å². The number of benzene rings is 2. The van der Waals surface area contributed by atoms with Crippen molar-refractivity contribution in [3.8, 4) is 0 Å². The fourth-order valence-electron chi connectivity index (χ4n) is 2.62. The van der Waals surface area contributed by atoms with E-state index in [9.17, 15) is 0 Å². The third-order valence-electron chi connectivity index (χ3n) is 3.57. The number of nitrogens with zero attached hydrogens (tertiary/aromatic N) is 1. The molecule has 0 atom stereocenters. The van der Waals surface area contributed by atoms with Gasteiger partial charge in [-0.05, 0) is 11.6 Å². The Morgan fingerprint density at radius 3 is 2.04 bits per heavy atom. The maximum atomic E-state index is 6.41. The van der Waals surface area contributed by atoms with Gasteiger partial charge in [0.2, 0.25) is 0 Å². The first-order chi connectivity index (χ1) is 11.7. The molecular weight excluding hydrogens is 296 g/mol. The molecule has 0 spiro atoms. The van der Waals surface area contributed by atoms with Crippen molar-refractivity contribution in [3.63, 3.8) is 0 Å². The Morgan fingerprint density at radius 1 is 0.875 bits per heavy atom. The number of hydrazine groups is 1. The van der Waals surface area contributed by atoms with Gasteiger partial charge in [-0.25, -0.2) is 5.84 Å². The lowest BCUT2D eigenvalue weighted by atomic mass is 9.97. The molecule has 24 heavy (non-hydrogen) atoms. The Morgan fingerprint density at radius 2 is 1.42 bits per heavy atom. The predicted octanol–water partition coefficient (Wildman–Crippen LogP) is 4.25. The summed E-state index contributed by atoms with van der Waals surface area (Å²) in [4.78, 5) is 0. The van der Waals surface area contributed by atoms with E-state index in [1.807, 2.05) is 77.2 Å². The highest BCUT2D eigenvalue weighted by molar-refractivity contribution is 5.93.